The summed E-state index contributed by atoms with van der Waals surface area (Å²) in [5.41, 5.74) is -0.398. The van der Waals surface area contributed by atoms with Crippen molar-refractivity contribution in [3.8, 4) is 5.75 Å². The number of ether oxygens (including phenoxy) is 1. The highest BCUT2D eigenvalue weighted by Gasteiger charge is 2.19. The fourth-order valence-electron chi connectivity index (χ4n) is 1.41. The van der Waals surface area contributed by atoms with Gasteiger partial charge in [-0.3, -0.25) is 4.79 Å². The molecule has 1 N–H and O–H groups in total. The summed E-state index contributed by atoms with van der Waals surface area (Å²) in [6.07, 6.45) is 0. The Morgan fingerprint density at radius 1 is 1.24 bits per heavy atom. The SMILES string of the molecule is CC(C)(C)NC(=O)COc1c(Cl)cc(S(=O)(=O)Cl)cc1Cl. The molecule has 0 heterocycles. The summed E-state index contributed by atoms with van der Waals surface area (Å²) < 4.78 is 27.7. The number of carbonyl (C=O) groups is 1. The lowest BCUT2D eigenvalue weighted by atomic mass is 10.1. The van der Waals surface area contributed by atoms with Crippen LogP contribution >= 0.6 is 33.9 Å². The van der Waals surface area contributed by atoms with E-state index in [1.165, 1.54) is 0 Å². The number of rotatable bonds is 4. The number of carbonyl (C=O) groups excluding carboxylic acids is 1. The molecule has 1 aromatic rings. The molecule has 0 unspecified atom stereocenters. The van der Waals surface area contributed by atoms with Crippen LogP contribution in [0.5, 0.6) is 5.75 Å². The van der Waals surface area contributed by atoms with Crippen molar-refractivity contribution in [2.45, 2.75) is 31.2 Å². The molecule has 5 nitrogen and oxygen atoms in total. The van der Waals surface area contributed by atoms with Gasteiger partial charge in [0.1, 0.15) is 0 Å². The molecule has 9 heteroatoms. The topological polar surface area (TPSA) is 72.5 Å². The van der Waals surface area contributed by atoms with Crippen molar-refractivity contribution in [2.24, 2.45) is 0 Å². The van der Waals surface area contributed by atoms with Crippen LogP contribution in [0.3, 0.4) is 0 Å². The Morgan fingerprint density at radius 3 is 2.10 bits per heavy atom. The van der Waals surface area contributed by atoms with E-state index in [4.69, 9.17) is 38.6 Å². The predicted octanol–water partition coefficient (Wildman–Crippen LogP) is 3.21. The molecule has 21 heavy (non-hydrogen) atoms. The molecule has 0 radical (unpaired) electrons. The van der Waals surface area contributed by atoms with E-state index >= 15 is 0 Å². The summed E-state index contributed by atoms with van der Waals surface area (Å²) in [4.78, 5) is 11.4. The summed E-state index contributed by atoms with van der Waals surface area (Å²) in [6.45, 7) is 5.17. The number of amides is 1. The van der Waals surface area contributed by atoms with Gasteiger partial charge >= 0.3 is 0 Å². The summed E-state index contributed by atoms with van der Waals surface area (Å²) >= 11 is 11.8. The average molecular weight is 375 g/mol. The fourth-order valence-corrected chi connectivity index (χ4v) is 2.92. The zero-order valence-electron chi connectivity index (χ0n) is 11.5. The quantitative estimate of drug-likeness (QED) is 0.821. The Bertz CT molecular complexity index is 630. The minimum absolute atomic E-state index is 0.0199. The molecule has 0 aliphatic carbocycles. The van der Waals surface area contributed by atoms with Gasteiger partial charge in [-0.15, -0.1) is 0 Å². The smallest absolute Gasteiger partial charge is 0.261 e. The minimum atomic E-state index is -3.95. The van der Waals surface area contributed by atoms with Crippen LogP contribution in [0.1, 0.15) is 20.8 Å². The summed E-state index contributed by atoms with van der Waals surface area (Å²) in [6, 6.07) is 2.21. The molecule has 1 rings (SSSR count). The molecule has 0 saturated carbocycles. The van der Waals surface area contributed by atoms with Crippen LogP contribution in [0.15, 0.2) is 17.0 Å². The maximum atomic E-state index is 11.6. The van der Waals surface area contributed by atoms with Crippen LogP contribution < -0.4 is 10.1 Å². The molecule has 0 aliphatic rings. The van der Waals surface area contributed by atoms with Crippen LogP contribution in [0.2, 0.25) is 10.0 Å². The van der Waals surface area contributed by atoms with Gasteiger partial charge in [0.25, 0.3) is 15.0 Å². The lowest BCUT2D eigenvalue weighted by Gasteiger charge is -2.20. The van der Waals surface area contributed by atoms with Crippen LogP contribution in [-0.2, 0) is 13.8 Å². The molecular formula is C12H14Cl3NO4S. The van der Waals surface area contributed by atoms with Gasteiger partial charge in [-0.1, -0.05) is 23.2 Å². The average Bonchev–Trinajstić information content (AvgIpc) is 2.23. The second-order valence-electron chi connectivity index (χ2n) is 5.24. The van der Waals surface area contributed by atoms with E-state index in [0.717, 1.165) is 12.1 Å². The molecule has 1 aromatic carbocycles. The van der Waals surface area contributed by atoms with Gasteiger partial charge in [0.15, 0.2) is 12.4 Å². The normalized spacial score (nSPS) is 12.1. The first-order chi connectivity index (χ1) is 9.40. The number of benzene rings is 1. The Balaban J connectivity index is 2.89. The number of halogens is 3. The third-order valence-corrected chi connectivity index (χ3v) is 4.01. The van der Waals surface area contributed by atoms with E-state index in [-0.39, 0.29) is 33.2 Å². The largest absolute Gasteiger partial charge is 0.481 e. The van der Waals surface area contributed by atoms with Crippen molar-refractivity contribution < 1.29 is 17.9 Å². The van der Waals surface area contributed by atoms with Crippen molar-refractivity contribution >= 4 is 48.8 Å². The highest BCUT2D eigenvalue weighted by Crippen LogP contribution is 2.36. The molecule has 1 amide bonds. The second kappa shape index (κ2) is 6.60. The lowest BCUT2D eigenvalue weighted by molar-refractivity contribution is -0.124. The van der Waals surface area contributed by atoms with Crippen LogP contribution in [-0.4, -0.2) is 26.5 Å². The highest BCUT2D eigenvalue weighted by atomic mass is 35.7. The Kier molecular flexibility index (Phi) is 5.77. The van der Waals surface area contributed by atoms with Gasteiger partial charge in [-0.2, -0.15) is 0 Å². The second-order valence-corrected chi connectivity index (χ2v) is 8.62. The number of nitrogens with one attached hydrogen (secondary N) is 1. The van der Waals surface area contributed by atoms with E-state index < -0.39 is 14.6 Å². The lowest BCUT2D eigenvalue weighted by Crippen LogP contribution is -2.43. The highest BCUT2D eigenvalue weighted by molar-refractivity contribution is 8.13. The first-order valence-electron chi connectivity index (χ1n) is 5.77. The van der Waals surface area contributed by atoms with Gasteiger partial charge in [0.2, 0.25) is 0 Å². The number of hydrogen-bond donors (Lipinski definition) is 1. The van der Waals surface area contributed by atoms with Crippen LogP contribution in [0.25, 0.3) is 0 Å². The van der Waals surface area contributed by atoms with Crippen LogP contribution in [0, 0.1) is 0 Å². The van der Waals surface area contributed by atoms with E-state index in [9.17, 15) is 13.2 Å². The van der Waals surface area contributed by atoms with E-state index in [1.54, 1.807) is 0 Å². The van der Waals surface area contributed by atoms with E-state index in [0.29, 0.717) is 0 Å². The first-order valence-corrected chi connectivity index (χ1v) is 8.84. The maximum absolute atomic E-state index is 11.6. The summed E-state index contributed by atoms with van der Waals surface area (Å²) in [5.74, 6) is -0.338. The maximum Gasteiger partial charge on any atom is 0.261 e. The van der Waals surface area contributed by atoms with E-state index in [2.05, 4.69) is 5.32 Å². The molecule has 0 aliphatic heterocycles. The van der Waals surface area contributed by atoms with Gasteiger partial charge in [-0.25, -0.2) is 8.42 Å². The molecule has 0 fully saturated rings. The molecule has 0 saturated heterocycles. The van der Waals surface area contributed by atoms with Crippen LogP contribution in [0.4, 0.5) is 0 Å². The third-order valence-electron chi connectivity index (χ3n) is 2.12. The van der Waals surface area contributed by atoms with Gasteiger partial charge in [0, 0.05) is 16.2 Å². The minimum Gasteiger partial charge on any atom is -0.481 e. The molecular weight excluding hydrogens is 361 g/mol. The zero-order valence-corrected chi connectivity index (χ0v) is 14.6. The first kappa shape index (κ1) is 18.4. The monoisotopic (exact) mass is 373 g/mol. The van der Waals surface area contributed by atoms with Crippen molar-refractivity contribution in [1.29, 1.82) is 0 Å². The summed E-state index contributed by atoms with van der Waals surface area (Å²) in [7, 11) is 1.25. The molecule has 118 valence electrons. The molecule has 0 spiro atoms. The fraction of sp³-hybridized carbons (Fsp3) is 0.417. The Labute approximate surface area is 137 Å². The Morgan fingerprint density at radius 2 is 1.71 bits per heavy atom. The van der Waals surface area contributed by atoms with Crippen molar-refractivity contribution in [3.63, 3.8) is 0 Å². The Hall–Kier alpha value is -0.690. The molecule has 0 atom stereocenters. The zero-order chi connectivity index (χ0) is 16.4. The van der Waals surface area contributed by atoms with E-state index in [1.807, 2.05) is 20.8 Å². The van der Waals surface area contributed by atoms with Gasteiger partial charge in [-0.05, 0) is 32.9 Å². The molecule has 0 aromatic heterocycles. The molecule has 0 bridgehead atoms. The van der Waals surface area contributed by atoms with Gasteiger partial charge in [0.05, 0.1) is 14.9 Å². The standard InChI is InChI=1S/C12H14Cl3NO4S/c1-12(2,3)16-10(17)6-20-11-8(13)4-7(5-9(11)14)21(15,18)19/h4-5H,6H2,1-3H3,(H,16,17). The predicted molar refractivity (Wildman–Crippen MR) is 82.9 cm³/mol. The third kappa shape index (κ3) is 5.90. The number of hydrogen-bond acceptors (Lipinski definition) is 4. The van der Waals surface area contributed by atoms with Crippen molar-refractivity contribution in [1.82, 2.24) is 5.32 Å². The van der Waals surface area contributed by atoms with Crippen molar-refractivity contribution in [3.05, 3.63) is 22.2 Å². The summed E-state index contributed by atoms with van der Waals surface area (Å²) in [5, 5.41) is 2.60. The van der Waals surface area contributed by atoms with Gasteiger partial charge < -0.3 is 10.1 Å². The van der Waals surface area contributed by atoms with Crippen molar-refractivity contribution in [2.75, 3.05) is 6.61 Å².